The lowest BCUT2D eigenvalue weighted by atomic mass is 9.60. The third-order valence-corrected chi connectivity index (χ3v) is 12.4. The van der Waals surface area contributed by atoms with Crippen LogP contribution >= 0.6 is 0 Å². The van der Waals surface area contributed by atoms with Crippen molar-refractivity contribution in [2.75, 3.05) is 0 Å². The van der Waals surface area contributed by atoms with Crippen LogP contribution in [-0.2, 0) is 23.3 Å². The summed E-state index contributed by atoms with van der Waals surface area (Å²) in [5.41, 5.74) is 15.4. The predicted molar refractivity (Wildman–Crippen MR) is 230 cm³/mol. The molecule has 0 saturated carbocycles. The van der Waals surface area contributed by atoms with Crippen molar-refractivity contribution in [3.05, 3.63) is 179 Å². The van der Waals surface area contributed by atoms with Gasteiger partial charge in [0.05, 0.1) is 40.2 Å². The highest BCUT2D eigenvalue weighted by Gasteiger charge is 2.53. The SMILES string of the molecule is C[n+]1[c-]n2c3c(cccc31)C1(c3ccc(Oc4ccc5c6ccccc6n(-c6ccccn6)c5c4)cc3-2)c2c(cccc2C(C)(C)C)-c2cccc(C(C)(C)C)c21. The van der Waals surface area contributed by atoms with Gasteiger partial charge in [0.2, 0.25) is 6.33 Å². The van der Waals surface area contributed by atoms with Crippen LogP contribution in [0.1, 0.15) is 74.9 Å². The van der Waals surface area contributed by atoms with Gasteiger partial charge in [-0.05, 0) is 97.8 Å². The van der Waals surface area contributed by atoms with E-state index in [9.17, 15) is 0 Å². The van der Waals surface area contributed by atoms with E-state index in [0.717, 1.165) is 44.9 Å². The molecule has 9 aromatic rings. The van der Waals surface area contributed by atoms with Gasteiger partial charge in [-0.25, -0.2) is 4.98 Å². The summed E-state index contributed by atoms with van der Waals surface area (Å²) in [6.07, 6.45) is 5.56. The molecule has 5 heteroatoms. The number of imidazole rings is 1. The van der Waals surface area contributed by atoms with E-state index in [1.54, 1.807) is 0 Å². The molecule has 4 heterocycles. The smallest absolute Gasteiger partial charge is 0.244 e. The first-order valence-corrected chi connectivity index (χ1v) is 20.0. The van der Waals surface area contributed by atoms with Crippen LogP contribution in [0.4, 0.5) is 0 Å². The first-order chi connectivity index (χ1) is 27.5. The van der Waals surface area contributed by atoms with Gasteiger partial charge in [-0.3, -0.25) is 4.57 Å². The fraction of sp³-hybridized carbons (Fsp3) is 0.192. The van der Waals surface area contributed by atoms with Crippen LogP contribution < -0.4 is 9.30 Å². The summed E-state index contributed by atoms with van der Waals surface area (Å²) < 4.78 is 13.6. The standard InChI is InChI=1S/C52H44N4O/c1-50(2,3)39-18-12-16-36-37-17-13-19-40(51(4,5)6)48(37)52(47(36)39)38-27-25-33(30-45(38)55-31-54(7)43-22-14-20-41(52)49(43)55)57-32-24-26-35-34-15-8-9-21-42(34)56(44(35)29-32)46-23-10-11-28-53-46/h8-30H,1-7H3. The Morgan fingerprint density at radius 3 is 1.96 bits per heavy atom. The van der Waals surface area contributed by atoms with Gasteiger partial charge in [0, 0.05) is 23.0 Å². The van der Waals surface area contributed by atoms with Crippen molar-refractivity contribution in [2.45, 2.75) is 57.8 Å². The Bertz CT molecular complexity index is 3070. The summed E-state index contributed by atoms with van der Waals surface area (Å²) in [6.45, 7) is 14.1. The van der Waals surface area contributed by atoms with Crippen LogP contribution in [0.25, 0.3) is 55.5 Å². The van der Waals surface area contributed by atoms with Crippen molar-refractivity contribution < 1.29 is 9.30 Å². The lowest BCUT2D eigenvalue weighted by molar-refractivity contribution is -0.649. The van der Waals surface area contributed by atoms with E-state index in [0.29, 0.717) is 0 Å². The molecule has 2 aliphatic rings. The number of aryl methyl sites for hydroxylation is 1. The third kappa shape index (κ3) is 4.57. The van der Waals surface area contributed by atoms with E-state index in [-0.39, 0.29) is 10.8 Å². The van der Waals surface area contributed by atoms with Gasteiger partial charge in [0.1, 0.15) is 17.3 Å². The number of nitrogens with zero attached hydrogens (tertiary/aromatic N) is 4. The van der Waals surface area contributed by atoms with Crippen molar-refractivity contribution >= 4 is 32.8 Å². The molecule has 0 radical (unpaired) electrons. The second kappa shape index (κ2) is 11.5. The zero-order valence-electron chi connectivity index (χ0n) is 33.5. The molecule has 0 N–H and O–H groups in total. The van der Waals surface area contributed by atoms with Crippen LogP contribution in [0.15, 0.2) is 140 Å². The van der Waals surface area contributed by atoms with E-state index in [2.05, 4.69) is 190 Å². The molecule has 57 heavy (non-hydrogen) atoms. The molecule has 1 aliphatic carbocycles. The highest BCUT2D eigenvalue weighted by molar-refractivity contribution is 6.09. The summed E-state index contributed by atoms with van der Waals surface area (Å²) in [6, 6.07) is 48.5. The predicted octanol–water partition coefficient (Wildman–Crippen LogP) is 11.8. The Morgan fingerprint density at radius 2 is 1.26 bits per heavy atom. The molecule has 6 aromatic carbocycles. The molecule has 0 unspecified atom stereocenters. The topological polar surface area (TPSA) is 35.9 Å². The zero-order chi connectivity index (χ0) is 39.0. The normalized spacial score (nSPS) is 14.0. The van der Waals surface area contributed by atoms with Crippen molar-refractivity contribution in [1.29, 1.82) is 0 Å². The first-order valence-electron chi connectivity index (χ1n) is 20.0. The Balaban J connectivity index is 1.19. The molecule has 11 rings (SSSR count). The van der Waals surface area contributed by atoms with Crippen LogP contribution in [0.2, 0.25) is 0 Å². The van der Waals surface area contributed by atoms with E-state index in [4.69, 9.17) is 9.72 Å². The fourth-order valence-corrected chi connectivity index (χ4v) is 10.1. The van der Waals surface area contributed by atoms with Crippen molar-refractivity contribution in [3.63, 3.8) is 0 Å². The number of benzene rings is 6. The van der Waals surface area contributed by atoms with Crippen molar-refractivity contribution in [1.82, 2.24) is 14.1 Å². The van der Waals surface area contributed by atoms with E-state index < -0.39 is 5.41 Å². The van der Waals surface area contributed by atoms with Crippen molar-refractivity contribution in [2.24, 2.45) is 7.05 Å². The third-order valence-electron chi connectivity index (χ3n) is 12.4. The molecule has 5 nitrogen and oxygen atoms in total. The van der Waals surface area contributed by atoms with Crippen LogP contribution in [-0.4, -0.2) is 14.1 Å². The molecule has 1 aliphatic heterocycles. The minimum absolute atomic E-state index is 0.105. The maximum atomic E-state index is 6.91. The molecule has 0 atom stereocenters. The molecule has 0 fully saturated rings. The molecular weight excluding hydrogens is 697 g/mol. The Hall–Kier alpha value is -6.46. The molecule has 3 aromatic heterocycles. The van der Waals surface area contributed by atoms with Crippen molar-refractivity contribution in [3.8, 4) is 34.1 Å². The molecular formula is C52H44N4O. The lowest BCUT2D eigenvalue weighted by Gasteiger charge is -2.44. The molecule has 0 amide bonds. The van der Waals surface area contributed by atoms with Gasteiger partial charge in [0.15, 0.2) is 0 Å². The minimum Gasteiger partial charge on any atom is -0.458 e. The van der Waals surface area contributed by atoms with E-state index in [1.165, 1.54) is 55.4 Å². The monoisotopic (exact) mass is 740 g/mol. The number of hydrogen-bond donors (Lipinski definition) is 0. The average molecular weight is 741 g/mol. The number of aromatic nitrogens is 4. The molecule has 0 bridgehead atoms. The summed E-state index contributed by atoms with van der Waals surface area (Å²) in [4.78, 5) is 4.75. The second-order valence-corrected chi connectivity index (χ2v) is 17.9. The highest BCUT2D eigenvalue weighted by Crippen LogP contribution is 2.63. The summed E-state index contributed by atoms with van der Waals surface area (Å²) in [5, 5.41) is 2.34. The lowest BCUT2D eigenvalue weighted by Crippen LogP contribution is -2.37. The van der Waals surface area contributed by atoms with Gasteiger partial charge in [-0.1, -0.05) is 126 Å². The number of para-hydroxylation sites is 2. The Labute approximate surface area is 333 Å². The summed E-state index contributed by atoms with van der Waals surface area (Å²) in [5.74, 6) is 2.41. The van der Waals surface area contributed by atoms with Gasteiger partial charge in [-0.2, -0.15) is 0 Å². The Kier molecular flexibility index (Phi) is 6.86. The number of rotatable bonds is 3. The largest absolute Gasteiger partial charge is 0.458 e. The summed E-state index contributed by atoms with van der Waals surface area (Å²) in [7, 11) is 2.11. The molecule has 1 spiro atoms. The number of hydrogen-bond acceptors (Lipinski definition) is 2. The van der Waals surface area contributed by atoms with Gasteiger partial charge in [-0.15, -0.1) is 0 Å². The van der Waals surface area contributed by atoms with Gasteiger partial charge < -0.3 is 13.9 Å². The van der Waals surface area contributed by atoms with E-state index in [1.807, 2.05) is 18.3 Å². The highest BCUT2D eigenvalue weighted by atomic mass is 16.5. The number of pyridine rings is 1. The Morgan fingerprint density at radius 1 is 0.614 bits per heavy atom. The quantitative estimate of drug-likeness (QED) is 0.134. The second-order valence-electron chi connectivity index (χ2n) is 17.9. The fourth-order valence-electron chi connectivity index (χ4n) is 10.1. The molecule has 0 saturated heterocycles. The average Bonchev–Trinajstić information content (AvgIpc) is 3.83. The zero-order valence-corrected chi connectivity index (χ0v) is 33.5. The number of fused-ring (bicyclic) bond motifs is 12. The van der Waals surface area contributed by atoms with Crippen LogP contribution in [0.5, 0.6) is 11.5 Å². The van der Waals surface area contributed by atoms with E-state index >= 15 is 0 Å². The van der Waals surface area contributed by atoms with Gasteiger partial charge in [0.25, 0.3) is 0 Å². The van der Waals surface area contributed by atoms with Crippen LogP contribution in [0.3, 0.4) is 0 Å². The molecule has 278 valence electrons. The van der Waals surface area contributed by atoms with Crippen LogP contribution in [0, 0.1) is 6.33 Å². The minimum atomic E-state index is -0.580. The maximum Gasteiger partial charge on any atom is 0.244 e. The summed E-state index contributed by atoms with van der Waals surface area (Å²) >= 11 is 0. The number of ether oxygens (including phenoxy) is 1. The first kappa shape index (κ1) is 33.8. The maximum absolute atomic E-state index is 6.91. The van der Waals surface area contributed by atoms with Gasteiger partial charge >= 0.3 is 0 Å².